The molecule has 1 aliphatic rings. The number of quaternary nitrogens is 1. The number of imide groups is 1. The van der Waals surface area contributed by atoms with Crippen molar-refractivity contribution in [1.29, 1.82) is 0 Å². The van der Waals surface area contributed by atoms with Gasteiger partial charge in [-0.25, -0.2) is 14.4 Å². The fourth-order valence-electron chi connectivity index (χ4n) is 3.72. The van der Waals surface area contributed by atoms with E-state index in [0.717, 1.165) is 11.1 Å². The van der Waals surface area contributed by atoms with Gasteiger partial charge in [0.2, 0.25) is 6.04 Å². The molecule has 3 rings (SSSR count). The zero-order chi connectivity index (χ0) is 19.1. The largest absolute Gasteiger partial charge is 0.477 e. The minimum Gasteiger partial charge on any atom is -0.477 e. The Balaban J connectivity index is 2.14. The van der Waals surface area contributed by atoms with Crippen molar-refractivity contribution in [3.63, 3.8) is 0 Å². The van der Waals surface area contributed by atoms with Crippen molar-refractivity contribution in [2.75, 3.05) is 0 Å². The van der Waals surface area contributed by atoms with Crippen molar-refractivity contribution in [2.24, 2.45) is 11.8 Å². The van der Waals surface area contributed by atoms with E-state index >= 15 is 0 Å². The first kappa shape index (κ1) is 18.0. The van der Waals surface area contributed by atoms with E-state index in [1.54, 1.807) is 26.0 Å². The second-order valence-corrected chi connectivity index (χ2v) is 6.90. The van der Waals surface area contributed by atoms with E-state index in [0.29, 0.717) is 5.69 Å². The van der Waals surface area contributed by atoms with Gasteiger partial charge in [-0.05, 0) is 37.1 Å². The zero-order valence-electron chi connectivity index (χ0n) is 15.0. The minimum absolute atomic E-state index is 0.357. The topological polar surface area (TPSA) is 71.4 Å². The average Bonchev–Trinajstić information content (AvgIpc) is 2.83. The number of rotatable bonds is 4. The number of hydrogen-bond acceptors (Lipinski definition) is 3. The molecule has 1 saturated heterocycles. The molecule has 0 saturated carbocycles. The Morgan fingerprint density at radius 2 is 1.35 bits per heavy atom. The number of nitrogens with zero attached hydrogens (tertiary/aromatic N) is 1. The van der Waals surface area contributed by atoms with Crippen LogP contribution < -0.4 is 4.48 Å². The Labute approximate surface area is 152 Å². The highest BCUT2D eigenvalue weighted by atomic mass is 16.4. The van der Waals surface area contributed by atoms with Gasteiger partial charge in [0.05, 0.1) is 11.8 Å². The first-order chi connectivity index (χ1) is 12.3. The molecule has 26 heavy (non-hydrogen) atoms. The molecule has 134 valence electrons. The van der Waals surface area contributed by atoms with Gasteiger partial charge in [0.25, 0.3) is 0 Å². The molecule has 1 fully saturated rings. The number of carboxylic acids is 1. The first-order valence-corrected chi connectivity index (χ1v) is 8.68. The minimum atomic E-state index is -1.18. The molecule has 1 heterocycles. The molecular weight excluding hydrogens is 330 g/mol. The maximum Gasteiger partial charge on any atom is 0.363 e. The van der Waals surface area contributed by atoms with Crippen molar-refractivity contribution in [3.05, 3.63) is 54.6 Å². The third-order valence-corrected chi connectivity index (χ3v) is 5.54. The van der Waals surface area contributed by atoms with Gasteiger partial charge in [-0.3, -0.25) is 0 Å². The molecule has 2 aromatic carbocycles. The van der Waals surface area contributed by atoms with Crippen LogP contribution in [0.15, 0.2) is 54.6 Å². The molecule has 0 spiro atoms. The van der Waals surface area contributed by atoms with Gasteiger partial charge in [-0.15, -0.1) is 0 Å². The van der Waals surface area contributed by atoms with E-state index < -0.39 is 28.3 Å². The second-order valence-electron chi connectivity index (χ2n) is 6.90. The number of benzene rings is 2. The number of likely N-dealkylation sites (tertiary alicyclic amines) is 1. The number of amides is 2. The third-order valence-electron chi connectivity index (χ3n) is 5.54. The predicted octanol–water partition coefficient (Wildman–Crippen LogP) is 3.47. The summed E-state index contributed by atoms with van der Waals surface area (Å²) in [5, 5.41) is 9.59. The number of carboxylic acid groups (broad SMARTS) is 1. The summed E-state index contributed by atoms with van der Waals surface area (Å²) >= 11 is 0. The lowest BCUT2D eigenvalue weighted by Gasteiger charge is -2.32. The smallest absolute Gasteiger partial charge is 0.363 e. The molecule has 0 bridgehead atoms. The SMILES string of the molecule is CC1C(=O)[N+](c2ccc(-c3ccccc3)cc2)([C@@H](C)C(=O)O)C(=O)C1C. The van der Waals surface area contributed by atoms with Crippen LogP contribution in [0.2, 0.25) is 0 Å². The second kappa shape index (κ2) is 6.50. The van der Waals surface area contributed by atoms with Gasteiger partial charge in [0.15, 0.2) is 0 Å². The van der Waals surface area contributed by atoms with Crippen molar-refractivity contribution in [2.45, 2.75) is 26.8 Å². The van der Waals surface area contributed by atoms with Crippen molar-refractivity contribution < 1.29 is 19.5 Å². The average molecular weight is 352 g/mol. The number of aliphatic carboxylic acids is 1. The number of hydrogen-bond donors (Lipinski definition) is 1. The molecule has 3 atom stereocenters. The van der Waals surface area contributed by atoms with Crippen molar-refractivity contribution >= 4 is 23.5 Å². The third kappa shape index (κ3) is 2.47. The van der Waals surface area contributed by atoms with Crippen LogP contribution in [0.4, 0.5) is 5.69 Å². The molecule has 0 aromatic heterocycles. The lowest BCUT2D eigenvalue weighted by molar-refractivity contribution is -0.153. The highest BCUT2D eigenvalue weighted by Gasteiger charge is 2.64. The summed E-state index contributed by atoms with van der Waals surface area (Å²) in [5.74, 6) is -2.91. The summed E-state index contributed by atoms with van der Waals surface area (Å²) in [5.41, 5.74) is 2.36. The van der Waals surface area contributed by atoms with E-state index in [4.69, 9.17) is 0 Å². The zero-order valence-corrected chi connectivity index (χ0v) is 15.0. The molecule has 0 radical (unpaired) electrons. The normalized spacial score (nSPS) is 26.7. The summed E-state index contributed by atoms with van der Waals surface area (Å²) in [6.07, 6.45) is 0. The van der Waals surface area contributed by atoms with Gasteiger partial charge in [-0.2, -0.15) is 4.48 Å². The molecule has 2 unspecified atom stereocenters. The predicted molar refractivity (Wildman–Crippen MR) is 99.1 cm³/mol. The summed E-state index contributed by atoms with van der Waals surface area (Å²) in [4.78, 5) is 37.8. The van der Waals surface area contributed by atoms with E-state index in [2.05, 4.69) is 0 Å². The van der Waals surface area contributed by atoms with Crippen molar-refractivity contribution in [1.82, 2.24) is 4.48 Å². The lowest BCUT2D eigenvalue weighted by Crippen LogP contribution is -2.63. The number of carbonyl (C=O) groups excluding carboxylic acids is 2. The first-order valence-electron chi connectivity index (χ1n) is 8.68. The molecular formula is C21H22NO4+. The van der Waals surface area contributed by atoms with Crippen LogP contribution in [0.25, 0.3) is 11.1 Å². The Bertz CT molecular complexity index is 837. The monoisotopic (exact) mass is 352 g/mol. The standard InChI is InChI=1S/C21H21NO4/c1-13-14(2)20(24)22(19(13)23,15(3)21(25)26)18-11-9-17(10-12-18)16-7-5-4-6-8-16/h4-15H,1-3H3/p+1/t13?,14?,15-,22?/m0/s1. The Kier molecular flexibility index (Phi) is 4.50. The van der Waals surface area contributed by atoms with Crippen LogP contribution in [0.1, 0.15) is 20.8 Å². The Hall–Kier alpha value is -2.79. The summed E-state index contributed by atoms with van der Waals surface area (Å²) in [6, 6.07) is 15.6. The van der Waals surface area contributed by atoms with Crippen LogP contribution in [-0.2, 0) is 14.4 Å². The highest BCUT2D eigenvalue weighted by molar-refractivity contribution is 6.18. The van der Waals surface area contributed by atoms with Crippen LogP contribution in [0, 0.1) is 11.8 Å². The van der Waals surface area contributed by atoms with E-state index in [9.17, 15) is 19.5 Å². The van der Waals surface area contributed by atoms with Crippen molar-refractivity contribution in [3.8, 4) is 11.1 Å². The van der Waals surface area contributed by atoms with Crippen LogP contribution in [0.5, 0.6) is 0 Å². The van der Waals surface area contributed by atoms with Crippen LogP contribution >= 0.6 is 0 Å². The summed E-state index contributed by atoms with van der Waals surface area (Å²) < 4.78 is -0.757. The van der Waals surface area contributed by atoms with Gasteiger partial charge in [0, 0.05) is 19.1 Å². The molecule has 0 aliphatic carbocycles. The summed E-state index contributed by atoms with van der Waals surface area (Å²) in [7, 11) is 0. The maximum absolute atomic E-state index is 13.0. The Morgan fingerprint density at radius 3 is 1.81 bits per heavy atom. The van der Waals surface area contributed by atoms with E-state index in [1.165, 1.54) is 6.92 Å². The lowest BCUT2D eigenvalue weighted by atomic mass is 10.00. The fraction of sp³-hybridized carbons (Fsp3) is 0.286. The highest BCUT2D eigenvalue weighted by Crippen LogP contribution is 2.41. The van der Waals surface area contributed by atoms with Crippen LogP contribution in [-0.4, -0.2) is 28.9 Å². The van der Waals surface area contributed by atoms with Gasteiger partial charge >= 0.3 is 17.8 Å². The maximum atomic E-state index is 13.0. The molecule has 1 N–H and O–H groups in total. The molecule has 5 heteroatoms. The van der Waals surface area contributed by atoms with E-state index in [1.807, 2.05) is 42.5 Å². The van der Waals surface area contributed by atoms with Gasteiger partial charge in [-0.1, -0.05) is 30.3 Å². The quantitative estimate of drug-likeness (QED) is 0.675. The van der Waals surface area contributed by atoms with Crippen LogP contribution in [0.3, 0.4) is 0 Å². The van der Waals surface area contributed by atoms with Gasteiger partial charge < -0.3 is 5.11 Å². The van der Waals surface area contributed by atoms with Gasteiger partial charge in [0.1, 0.15) is 5.69 Å². The summed E-state index contributed by atoms with van der Waals surface area (Å²) in [6.45, 7) is 4.81. The number of carbonyl (C=O) groups is 3. The van der Waals surface area contributed by atoms with E-state index in [-0.39, 0.29) is 11.8 Å². The fourth-order valence-corrected chi connectivity index (χ4v) is 3.72. The molecule has 2 amide bonds. The molecule has 2 aromatic rings. The molecule has 5 nitrogen and oxygen atoms in total. The Morgan fingerprint density at radius 1 is 0.885 bits per heavy atom. The molecule has 1 aliphatic heterocycles.